The van der Waals surface area contributed by atoms with E-state index in [1.54, 1.807) is 17.0 Å². The number of anilines is 1. The van der Waals surface area contributed by atoms with E-state index in [4.69, 9.17) is 9.47 Å². The highest BCUT2D eigenvalue weighted by atomic mass is 32.2. The van der Waals surface area contributed by atoms with Crippen molar-refractivity contribution in [3.63, 3.8) is 0 Å². The summed E-state index contributed by atoms with van der Waals surface area (Å²) in [5, 5.41) is 0. The molecule has 0 aliphatic carbocycles. The van der Waals surface area contributed by atoms with Crippen molar-refractivity contribution in [2.45, 2.75) is 24.7 Å². The van der Waals surface area contributed by atoms with E-state index in [0.717, 1.165) is 12.8 Å². The number of sulfonamides is 1. The average Bonchev–Trinajstić information content (AvgIpc) is 3.28. The first-order valence-corrected chi connectivity index (χ1v) is 11.2. The number of carbonyl (C=O) groups excluding carboxylic acids is 2. The number of nitrogens with one attached hydrogen (secondary N) is 1. The van der Waals surface area contributed by atoms with Crippen LogP contribution in [0.3, 0.4) is 0 Å². The van der Waals surface area contributed by atoms with E-state index in [2.05, 4.69) is 4.72 Å². The molecule has 8 nitrogen and oxygen atoms in total. The number of ether oxygens (including phenoxy) is 2. The molecule has 0 saturated carbocycles. The molecule has 1 amide bonds. The minimum atomic E-state index is -3.78. The molecule has 2 aromatic rings. The summed E-state index contributed by atoms with van der Waals surface area (Å²) in [6, 6.07) is 11.9. The van der Waals surface area contributed by atoms with Crippen molar-refractivity contribution in [1.82, 2.24) is 4.90 Å². The third-order valence-corrected chi connectivity index (χ3v) is 6.00. The van der Waals surface area contributed by atoms with Crippen molar-refractivity contribution in [1.29, 1.82) is 0 Å². The summed E-state index contributed by atoms with van der Waals surface area (Å²) in [5.41, 5.74) is 0.529. The molecule has 0 atom stereocenters. The second-order valence-corrected chi connectivity index (χ2v) is 8.43. The molecular formula is C21H24N2O6S. The molecule has 1 N–H and O–H groups in total. The van der Waals surface area contributed by atoms with Crippen LogP contribution in [0, 0.1) is 0 Å². The van der Waals surface area contributed by atoms with Crippen molar-refractivity contribution >= 4 is 27.6 Å². The van der Waals surface area contributed by atoms with Gasteiger partial charge in [-0.1, -0.05) is 0 Å². The molecular weight excluding hydrogens is 408 g/mol. The van der Waals surface area contributed by atoms with Crippen LogP contribution >= 0.6 is 0 Å². The van der Waals surface area contributed by atoms with Crippen LogP contribution in [0.15, 0.2) is 53.4 Å². The van der Waals surface area contributed by atoms with E-state index in [1.165, 1.54) is 36.4 Å². The molecule has 1 aliphatic rings. The fraction of sp³-hybridized carbons (Fsp3) is 0.333. The van der Waals surface area contributed by atoms with Gasteiger partial charge in [0.25, 0.3) is 15.9 Å². The number of benzene rings is 2. The molecule has 1 aliphatic heterocycles. The monoisotopic (exact) mass is 432 g/mol. The maximum Gasteiger partial charge on any atom is 0.338 e. The summed E-state index contributed by atoms with van der Waals surface area (Å²) >= 11 is 0. The Morgan fingerprint density at radius 2 is 1.63 bits per heavy atom. The van der Waals surface area contributed by atoms with E-state index < -0.39 is 16.0 Å². The molecule has 0 unspecified atom stereocenters. The Morgan fingerprint density at radius 3 is 2.23 bits per heavy atom. The Morgan fingerprint density at radius 1 is 1.00 bits per heavy atom. The summed E-state index contributed by atoms with van der Waals surface area (Å²) < 4.78 is 37.8. The lowest BCUT2D eigenvalue weighted by atomic mass is 10.2. The summed E-state index contributed by atoms with van der Waals surface area (Å²) in [7, 11) is -3.78. The van der Waals surface area contributed by atoms with E-state index in [-0.39, 0.29) is 23.0 Å². The summed E-state index contributed by atoms with van der Waals surface area (Å²) in [4.78, 5) is 25.8. The van der Waals surface area contributed by atoms with Gasteiger partial charge in [-0.3, -0.25) is 9.52 Å². The maximum absolute atomic E-state index is 12.5. The summed E-state index contributed by atoms with van der Waals surface area (Å²) in [5.74, 6) is -0.258. The van der Waals surface area contributed by atoms with Crippen LogP contribution in [0.4, 0.5) is 5.69 Å². The van der Waals surface area contributed by atoms with E-state index in [0.29, 0.717) is 31.1 Å². The molecule has 0 spiro atoms. The first-order chi connectivity index (χ1) is 14.4. The molecule has 2 aromatic carbocycles. The first kappa shape index (κ1) is 21.6. The number of carbonyl (C=O) groups is 2. The number of hydrogen-bond donors (Lipinski definition) is 1. The van der Waals surface area contributed by atoms with Crippen LogP contribution in [-0.4, -0.2) is 51.5 Å². The smallest absolute Gasteiger partial charge is 0.338 e. The highest BCUT2D eigenvalue weighted by molar-refractivity contribution is 7.92. The molecule has 1 saturated heterocycles. The number of esters is 1. The van der Waals surface area contributed by atoms with Gasteiger partial charge < -0.3 is 14.4 Å². The van der Waals surface area contributed by atoms with Gasteiger partial charge >= 0.3 is 5.97 Å². The van der Waals surface area contributed by atoms with Gasteiger partial charge in [0.05, 0.1) is 17.1 Å². The zero-order valence-electron chi connectivity index (χ0n) is 16.7. The van der Waals surface area contributed by atoms with Crippen LogP contribution in [0.2, 0.25) is 0 Å². The van der Waals surface area contributed by atoms with Crippen molar-refractivity contribution in [2.75, 3.05) is 31.0 Å². The van der Waals surface area contributed by atoms with Gasteiger partial charge in [-0.05, 0) is 68.3 Å². The molecule has 0 aromatic heterocycles. The zero-order valence-corrected chi connectivity index (χ0v) is 17.5. The fourth-order valence-corrected chi connectivity index (χ4v) is 4.10. The number of hydrogen-bond acceptors (Lipinski definition) is 6. The molecule has 3 rings (SSSR count). The molecule has 1 fully saturated rings. The third-order valence-electron chi connectivity index (χ3n) is 4.60. The highest BCUT2D eigenvalue weighted by Gasteiger charge is 2.20. The van der Waals surface area contributed by atoms with E-state index >= 15 is 0 Å². The lowest BCUT2D eigenvalue weighted by Crippen LogP contribution is -2.32. The van der Waals surface area contributed by atoms with E-state index in [9.17, 15) is 18.0 Å². The molecule has 1 heterocycles. The zero-order chi connectivity index (χ0) is 21.6. The largest absolute Gasteiger partial charge is 0.494 e. The Labute approximate surface area is 175 Å². The second-order valence-electron chi connectivity index (χ2n) is 6.75. The molecule has 0 radical (unpaired) electrons. The molecule has 30 heavy (non-hydrogen) atoms. The molecule has 0 bridgehead atoms. The number of likely N-dealkylation sites (tertiary alicyclic amines) is 1. The molecule has 9 heteroatoms. The van der Waals surface area contributed by atoms with Crippen molar-refractivity contribution in [2.24, 2.45) is 0 Å². The standard InChI is InChI=1S/C21H24N2O6S/c1-2-28-18-9-11-19(12-10-18)30(26,27)22-17-7-5-16(6-8-17)21(25)29-15-20(24)23-13-3-4-14-23/h5-12,22H,2-4,13-15H2,1H3. The fourth-order valence-electron chi connectivity index (χ4n) is 3.04. The SMILES string of the molecule is CCOc1ccc(S(=O)(=O)Nc2ccc(C(=O)OCC(=O)N3CCCC3)cc2)cc1. The quantitative estimate of drug-likeness (QED) is 0.644. The number of nitrogens with zero attached hydrogens (tertiary/aromatic N) is 1. The van der Waals surface area contributed by atoms with Crippen LogP contribution in [0.25, 0.3) is 0 Å². The topological polar surface area (TPSA) is 102 Å². The van der Waals surface area contributed by atoms with Gasteiger partial charge in [0.2, 0.25) is 0 Å². The van der Waals surface area contributed by atoms with Crippen molar-refractivity contribution < 1.29 is 27.5 Å². The third kappa shape index (κ3) is 5.50. The first-order valence-electron chi connectivity index (χ1n) is 9.69. The molecule has 160 valence electrons. The highest BCUT2D eigenvalue weighted by Crippen LogP contribution is 2.20. The predicted octanol–water partition coefficient (Wildman–Crippen LogP) is 2.67. The Balaban J connectivity index is 1.57. The number of amides is 1. The van der Waals surface area contributed by atoms with Crippen LogP contribution < -0.4 is 9.46 Å². The van der Waals surface area contributed by atoms with Gasteiger partial charge in [0.15, 0.2) is 6.61 Å². The summed E-state index contributed by atoms with van der Waals surface area (Å²) in [6.45, 7) is 3.42. The van der Waals surface area contributed by atoms with Crippen LogP contribution in [0.1, 0.15) is 30.1 Å². The van der Waals surface area contributed by atoms with Gasteiger partial charge in [0.1, 0.15) is 5.75 Å². The van der Waals surface area contributed by atoms with Crippen molar-refractivity contribution in [3.8, 4) is 5.75 Å². The van der Waals surface area contributed by atoms with Gasteiger partial charge in [-0.2, -0.15) is 0 Å². The minimum absolute atomic E-state index is 0.0925. The lowest BCUT2D eigenvalue weighted by Gasteiger charge is -2.15. The van der Waals surface area contributed by atoms with Gasteiger partial charge in [-0.25, -0.2) is 13.2 Å². The number of rotatable bonds is 8. The van der Waals surface area contributed by atoms with Gasteiger partial charge in [-0.15, -0.1) is 0 Å². The normalized spacial score (nSPS) is 13.7. The minimum Gasteiger partial charge on any atom is -0.494 e. The Kier molecular flexibility index (Phi) is 6.94. The average molecular weight is 432 g/mol. The van der Waals surface area contributed by atoms with E-state index in [1.807, 2.05) is 6.92 Å². The van der Waals surface area contributed by atoms with Gasteiger partial charge in [0, 0.05) is 18.8 Å². The van der Waals surface area contributed by atoms with Crippen molar-refractivity contribution in [3.05, 3.63) is 54.1 Å². The lowest BCUT2D eigenvalue weighted by molar-refractivity contribution is -0.133. The maximum atomic E-state index is 12.5. The summed E-state index contributed by atoms with van der Waals surface area (Å²) in [6.07, 6.45) is 1.93. The Bertz CT molecular complexity index is 981. The van der Waals surface area contributed by atoms with Crippen LogP contribution in [0.5, 0.6) is 5.75 Å². The second kappa shape index (κ2) is 9.62. The Hall–Kier alpha value is -3.07. The predicted molar refractivity (Wildman–Crippen MR) is 111 cm³/mol. The van der Waals surface area contributed by atoms with Crippen LogP contribution in [-0.2, 0) is 19.6 Å².